The number of ether oxygens (including phenoxy) is 1. The maximum Gasteiger partial charge on any atom is 0.317 e. The van der Waals surface area contributed by atoms with Gasteiger partial charge in [-0.25, -0.2) is 0 Å². The second-order valence-electron chi connectivity index (χ2n) is 5.03. The minimum atomic E-state index is -0.814. The molecule has 0 saturated carbocycles. The lowest BCUT2D eigenvalue weighted by Crippen LogP contribution is -2.22. The molecule has 0 N–H and O–H groups in total. The molecule has 0 radical (unpaired) electrons. The van der Waals surface area contributed by atoms with Crippen molar-refractivity contribution in [3.05, 3.63) is 80.6 Å². The van der Waals surface area contributed by atoms with Crippen LogP contribution in [-0.2, 0) is 9.53 Å². The van der Waals surface area contributed by atoms with Gasteiger partial charge < -0.3 is 9.15 Å². The molecule has 5 heteroatoms. The van der Waals surface area contributed by atoms with Gasteiger partial charge >= 0.3 is 5.97 Å². The van der Waals surface area contributed by atoms with Crippen molar-refractivity contribution >= 4 is 32.9 Å². The number of benzene rings is 2. The highest BCUT2D eigenvalue weighted by Gasteiger charge is 2.27. The molecule has 2 aromatic carbocycles. The van der Waals surface area contributed by atoms with Gasteiger partial charge in [-0.3, -0.25) is 9.59 Å². The number of rotatable bonds is 3. The van der Waals surface area contributed by atoms with Gasteiger partial charge in [0.15, 0.2) is 5.43 Å². The highest BCUT2D eigenvalue weighted by atomic mass is 79.9. The number of hydrogen-bond acceptors (Lipinski definition) is 4. The van der Waals surface area contributed by atoms with Gasteiger partial charge in [0.05, 0.1) is 24.3 Å². The van der Waals surface area contributed by atoms with E-state index in [4.69, 9.17) is 9.15 Å². The lowest BCUT2D eigenvalue weighted by Gasteiger charge is -2.14. The van der Waals surface area contributed by atoms with E-state index in [1.807, 2.05) is 18.2 Å². The Bertz CT molecular complexity index is 915. The normalized spacial score (nSPS) is 12.1. The van der Waals surface area contributed by atoms with Crippen molar-refractivity contribution in [2.45, 2.75) is 5.92 Å². The van der Waals surface area contributed by atoms with Gasteiger partial charge in [-0.1, -0.05) is 46.3 Å². The molecule has 0 aliphatic heterocycles. The third kappa shape index (κ3) is 2.92. The van der Waals surface area contributed by atoms with Crippen molar-refractivity contribution in [2.24, 2.45) is 0 Å². The fraction of sp³-hybridized carbons (Fsp3) is 0.111. The van der Waals surface area contributed by atoms with Gasteiger partial charge in [-0.15, -0.1) is 0 Å². The molecule has 0 spiro atoms. The summed E-state index contributed by atoms with van der Waals surface area (Å²) in [4.78, 5) is 25.0. The molecule has 1 unspecified atom stereocenters. The van der Waals surface area contributed by atoms with Gasteiger partial charge in [-0.05, 0) is 23.8 Å². The predicted octanol–water partition coefficient (Wildman–Crippen LogP) is 3.86. The number of carbonyl (C=O) groups excluding carboxylic acids is 1. The molecule has 0 aliphatic rings. The molecule has 0 saturated heterocycles. The quantitative estimate of drug-likeness (QED) is 0.655. The third-order valence-electron chi connectivity index (χ3n) is 3.64. The minimum Gasteiger partial charge on any atom is -0.468 e. The lowest BCUT2D eigenvalue weighted by atomic mass is 9.92. The van der Waals surface area contributed by atoms with Gasteiger partial charge in [0, 0.05) is 4.47 Å². The molecule has 0 aliphatic carbocycles. The maximum absolute atomic E-state index is 12.8. The molecule has 23 heavy (non-hydrogen) atoms. The van der Waals surface area contributed by atoms with Crippen molar-refractivity contribution in [3.8, 4) is 0 Å². The van der Waals surface area contributed by atoms with E-state index in [1.54, 1.807) is 30.3 Å². The van der Waals surface area contributed by atoms with Crippen LogP contribution in [0.2, 0.25) is 0 Å². The Morgan fingerprint density at radius 2 is 1.91 bits per heavy atom. The monoisotopic (exact) mass is 372 g/mol. The summed E-state index contributed by atoms with van der Waals surface area (Å²) in [5.41, 5.74) is 1.17. The Labute approximate surface area is 140 Å². The highest BCUT2D eigenvalue weighted by molar-refractivity contribution is 9.10. The van der Waals surface area contributed by atoms with Crippen LogP contribution in [0.4, 0.5) is 0 Å². The first-order valence-electron chi connectivity index (χ1n) is 6.95. The van der Waals surface area contributed by atoms with E-state index in [0.717, 1.165) is 4.47 Å². The van der Waals surface area contributed by atoms with Crippen molar-refractivity contribution in [3.63, 3.8) is 0 Å². The van der Waals surface area contributed by atoms with Crippen LogP contribution in [0.15, 0.2) is 68.5 Å². The number of esters is 1. The van der Waals surface area contributed by atoms with Crippen molar-refractivity contribution in [1.29, 1.82) is 0 Å². The first-order chi connectivity index (χ1) is 11.1. The molecule has 3 rings (SSSR count). The highest BCUT2D eigenvalue weighted by Crippen LogP contribution is 2.26. The van der Waals surface area contributed by atoms with E-state index in [-0.39, 0.29) is 11.0 Å². The summed E-state index contributed by atoms with van der Waals surface area (Å²) >= 11 is 3.34. The maximum atomic E-state index is 12.8. The van der Waals surface area contributed by atoms with E-state index in [9.17, 15) is 9.59 Å². The Morgan fingerprint density at radius 1 is 1.17 bits per heavy atom. The third-order valence-corrected chi connectivity index (χ3v) is 4.14. The van der Waals surface area contributed by atoms with Crippen LogP contribution in [0, 0.1) is 0 Å². The first kappa shape index (κ1) is 15.5. The fourth-order valence-corrected chi connectivity index (χ4v) is 2.86. The van der Waals surface area contributed by atoms with Crippen LogP contribution in [0.5, 0.6) is 0 Å². The van der Waals surface area contributed by atoms with Crippen LogP contribution >= 0.6 is 15.9 Å². The second kappa shape index (κ2) is 6.38. The van der Waals surface area contributed by atoms with E-state index >= 15 is 0 Å². The summed E-state index contributed by atoms with van der Waals surface area (Å²) < 4.78 is 11.3. The standard InChI is InChI=1S/C18H13BrO4/c1-22-18(21)16(11-5-3-2-4-6-11)14-10-23-15-9-12(19)7-8-13(15)17(14)20/h2-10,16H,1H3. The topological polar surface area (TPSA) is 56.5 Å². The molecule has 1 heterocycles. The molecular weight excluding hydrogens is 360 g/mol. The SMILES string of the molecule is COC(=O)C(c1ccccc1)c1coc2cc(Br)ccc2c1=O. The summed E-state index contributed by atoms with van der Waals surface area (Å²) in [5.74, 6) is -1.31. The molecule has 4 nitrogen and oxygen atoms in total. The first-order valence-corrected chi connectivity index (χ1v) is 7.75. The van der Waals surface area contributed by atoms with Gasteiger partial charge in [-0.2, -0.15) is 0 Å². The van der Waals surface area contributed by atoms with Gasteiger partial charge in [0.25, 0.3) is 0 Å². The van der Waals surface area contributed by atoms with E-state index in [2.05, 4.69) is 15.9 Å². The van der Waals surface area contributed by atoms with Crippen LogP contribution in [-0.4, -0.2) is 13.1 Å². The van der Waals surface area contributed by atoms with Gasteiger partial charge in [0.2, 0.25) is 0 Å². The largest absolute Gasteiger partial charge is 0.468 e. The summed E-state index contributed by atoms with van der Waals surface area (Å²) in [6, 6.07) is 14.2. The molecule has 116 valence electrons. The molecule has 0 bridgehead atoms. The van der Waals surface area contributed by atoms with E-state index < -0.39 is 11.9 Å². The molecule has 1 atom stereocenters. The van der Waals surface area contributed by atoms with Crippen molar-refractivity contribution < 1.29 is 13.9 Å². The lowest BCUT2D eigenvalue weighted by molar-refractivity contribution is -0.141. The Hall–Kier alpha value is -2.40. The summed E-state index contributed by atoms with van der Waals surface area (Å²) in [6.45, 7) is 0. The number of methoxy groups -OCH3 is 1. The zero-order valence-corrected chi connectivity index (χ0v) is 13.9. The molecular formula is C18H13BrO4. The summed E-state index contributed by atoms with van der Waals surface area (Å²) in [5, 5.41) is 0.426. The van der Waals surface area contributed by atoms with E-state index in [0.29, 0.717) is 16.5 Å². The van der Waals surface area contributed by atoms with Crippen LogP contribution in [0.3, 0.4) is 0 Å². The van der Waals surface area contributed by atoms with E-state index in [1.165, 1.54) is 13.4 Å². The van der Waals surface area contributed by atoms with Crippen LogP contribution in [0.25, 0.3) is 11.0 Å². The Balaban J connectivity index is 2.23. The van der Waals surface area contributed by atoms with Crippen LogP contribution < -0.4 is 5.43 Å². The molecule has 1 aromatic heterocycles. The Morgan fingerprint density at radius 3 is 2.61 bits per heavy atom. The average molecular weight is 373 g/mol. The zero-order valence-electron chi connectivity index (χ0n) is 12.3. The number of hydrogen-bond donors (Lipinski definition) is 0. The molecule has 3 aromatic rings. The minimum absolute atomic E-state index is 0.238. The predicted molar refractivity (Wildman–Crippen MR) is 90.5 cm³/mol. The second-order valence-corrected chi connectivity index (χ2v) is 5.94. The number of halogens is 1. The van der Waals surface area contributed by atoms with Crippen molar-refractivity contribution in [1.82, 2.24) is 0 Å². The Kier molecular flexibility index (Phi) is 4.30. The fourth-order valence-electron chi connectivity index (χ4n) is 2.52. The smallest absolute Gasteiger partial charge is 0.317 e. The number of carbonyl (C=O) groups is 1. The average Bonchev–Trinajstić information content (AvgIpc) is 2.58. The summed E-state index contributed by atoms with van der Waals surface area (Å²) in [6.07, 6.45) is 1.34. The number of fused-ring (bicyclic) bond motifs is 1. The molecule has 0 amide bonds. The summed E-state index contributed by atoms with van der Waals surface area (Å²) in [7, 11) is 1.30. The molecule has 0 fully saturated rings. The van der Waals surface area contributed by atoms with Crippen LogP contribution in [0.1, 0.15) is 17.0 Å². The van der Waals surface area contributed by atoms with Gasteiger partial charge in [0.1, 0.15) is 11.5 Å². The van der Waals surface area contributed by atoms with Crippen molar-refractivity contribution in [2.75, 3.05) is 7.11 Å². The zero-order chi connectivity index (χ0) is 16.4.